The third-order valence-corrected chi connectivity index (χ3v) is 3.85. The number of allylic oxidation sites excluding steroid dienone is 1. The van der Waals surface area contributed by atoms with E-state index in [-0.39, 0.29) is 12.5 Å². The SMILES string of the molecule is C/C=C\c1ccc(OCC(=O)NCc2ccc(N(C)C)cc2)c(OC)c1. The number of methoxy groups -OCH3 is 1. The van der Waals surface area contributed by atoms with Gasteiger partial charge in [-0.1, -0.05) is 30.4 Å². The standard InChI is InChI=1S/C21H26N2O3/c1-5-6-16-9-12-19(20(13-16)25-4)26-15-21(24)22-14-17-7-10-18(11-8-17)23(2)3/h5-13H,14-15H2,1-4H3,(H,22,24)/b6-5-. The molecule has 0 spiro atoms. The Labute approximate surface area is 155 Å². The molecule has 5 nitrogen and oxygen atoms in total. The Morgan fingerprint density at radius 2 is 1.85 bits per heavy atom. The van der Waals surface area contributed by atoms with Crippen LogP contribution in [0.2, 0.25) is 0 Å². The first kappa shape index (κ1) is 19.4. The van der Waals surface area contributed by atoms with Gasteiger partial charge in [0.25, 0.3) is 5.91 Å². The number of benzene rings is 2. The molecule has 0 aliphatic carbocycles. The van der Waals surface area contributed by atoms with Gasteiger partial charge in [-0.3, -0.25) is 4.79 Å². The molecular weight excluding hydrogens is 328 g/mol. The molecular formula is C21H26N2O3. The third-order valence-electron chi connectivity index (χ3n) is 3.85. The summed E-state index contributed by atoms with van der Waals surface area (Å²) in [7, 11) is 5.57. The Kier molecular flexibility index (Phi) is 7.09. The number of ether oxygens (including phenoxy) is 2. The zero-order valence-electron chi connectivity index (χ0n) is 15.8. The number of hydrogen-bond donors (Lipinski definition) is 1. The topological polar surface area (TPSA) is 50.8 Å². The highest BCUT2D eigenvalue weighted by molar-refractivity contribution is 5.77. The number of hydrogen-bond acceptors (Lipinski definition) is 4. The van der Waals surface area contributed by atoms with Crippen molar-refractivity contribution in [3.8, 4) is 11.5 Å². The van der Waals surface area contributed by atoms with Crippen molar-refractivity contribution in [2.45, 2.75) is 13.5 Å². The third kappa shape index (κ3) is 5.55. The Balaban J connectivity index is 1.86. The van der Waals surface area contributed by atoms with E-state index in [1.54, 1.807) is 13.2 Å². The van der Waals surface area contributed by atoms with Gasteiger partial charge in [-0.15, -0.1) is 0 Å². The second-order valence-electron chi connectivity index (χ2n) is 6.04. The predicted molar refractivity (Wildman–Crippen MR) is 106 cm³/mol. The van der Waals surface area contributed by atoms with Crippen molar-refractivity contribution in [2.24, 2.45) is 0 Å². The Bertz CT molecular complexity index is 752. The van der Waals surface area contributed by atoms with E-state index < -0.39 is 0 Å². The van der Waals surface area contributed by atoms with Gasteiger partial charge < -0.3 is 19.7 Å². The van der Waals surface area contributed by atoms with E-state index in [4.69, 9.17) is 9.47 Å². The molecule has 0 saturated heterocycles. The van der Waals surface area contributed by atoms with Crippen LogP contribution in [0.25, 0.3) is 6.08 Å². The molecule has 0 atom stereocenters. The molecule has 0 fully saturated rings. The summed E-state index contributed by atoms with van der Waals surface area (Å²) in [6.07, 6.45) is 3.93. The van der Waals surface area contributed by atoms with Crippen LogP contribution >= 0.6 is 0 Å². The number of nitrogens with one attached hydrogen (secondary N) is 1. The van der Waals surface area contributed by atoms with Gasteiger partial charge in [-0.25, -0.2) is 0 Å². The van der Waals surface area contributed by atoms with Crippen molar-refractivity contribution in [3.05, 3.63) is 59.7 Å². The monoisotopic (exact) mass is 354 g/mol. The van der Waals surface area contributed by atoms with Gasteiger partial charge in [0.05, 0.1) is 7.11 Å². The van der Waals surface area contributed by atoms with Crippen molar-refractivity contribution < 1.29 is 14.3 Å². The number of rotatable bonds is 8. The van der Waals surface area contributed by atoms with E-state index in [0.29, 0.717) is 18.0 Å². The highest BCUT2D eigenvalue weighted by Crippen LogP contribution is 2.28. The molecule has 2 rings (SSSR count). The van der Waals surface area contributed by atoms with Crippen molar-refractivity contribution in [1.82, 2.24) is 5.32 Å². The van der Waals surface area contributed by atoms with Gasteiger partial charge in [0.15, 0.2) is 18.1 Å². The number of anilines is 1. The summed E-state index contributed by atoms with van der Waals surface area (Å²) >= 11 is 0. The highest BCUT2D eigenvalue weighted by Gasteiger charge is 2.08. The van der Waals surface area contributed by atoms with Crippen LogP contribution in [0.4, 0.5) is 5.69 Å². The lowest BCUT2D eigenvalue weighted by Gasteiger charge is -2.13. The maximum absolute atomic E-state index is 12.0. The van der Waals surface area contributed by atoms with Crippen molar-refractivity contribution in [1.29, 1.82) is 0 Å². The summed E-state index contributed by atoms with van der Waals surface area (Å²) in [5.41, 5.74) is 3.18. The fourth-order valence-electron chi connectivity index (χ4n) is 2.41. The first-order valence-corrected chi connectivity index (χ1v) is 8.50. The smallest absolute Gasteiger partial charge is 0.258 e. The molecule has 26 heavy (non-hydrogen) atoms. The zero-order valence-corrected chi connectivity index (χ0v) is 15.8. The highest BCUT2D eigenvalue weighted by atomic mass is 16.5. The molecule has 1 N–H and O–H groups in total. The van der Waals surface area contributed by atoms with Gasteiger partial charge in [0.1, 0.15) is 0 Å². The molecule has 0 aliphatic heterocycles. The van der Waals surface area contributed by atoms with Crippen LogP contribution in [0, 0.1) is 0 Å². The lowest BCUT2D eigenvalue weighted by molar-refractivity contribution is -0.123. The van der Waals surface area contributed by atoms with Gasteiger partial charge >= 0.3 is 0 Å². The molecule has 138 valence electrons. The molecule has 2 aromatic rings. The van der Waals surface area contributed by atoms with Crippen LogP contribution < -0.4 is 19.7 Å². The Hall–Kier alpha value is -2.95. The minimum absolute atomic E-state index is 0.0604. The summed E-state index contributed by atoms with van der Waals surface area (Å²) in [4.78, 5) is 14.1. The van der Waals surface area contributed by atoms with Crippen LogP contribution in [0.5, 0.6) is 11.5 Å². The van der Waals surface area contributed by atoms with Gasteiger partial charge in [0.2, 0.25) is 0 Å². The first-order chi connectivity index (χ1) is 12.5. The van der Waals surface area contributed by atoms with Crippen LogP contribution in [-0.4, -0.2) is 33.7 Å². The lowest BCUT2D eigenvalue weighted by atomic mass is 10.2. The first-order valence-electron chi connectivity index (χ1n) is 8.50. The number of nitrogens with zero attached hydrogens (tertiary/aromatic N) is 1. The largest absolute Gasteiger partial charge is 0.493 e. The van der Waals surface area contributed by atoms with Crippen LogP contribution in [0.1, 0.15) is 18.1 Å². The van der Waals surface area contributed by atoms with Gasteiger partial charge in [0, 0.05) is 26.3 Å². The van der Waals surface area contributed by atoms with Crippen molar-refractivity contribution >= 4 is 17.7 Å². The van der Waals surface area contributed by atoms with E-state index in [9.17, 15) is 4.79 Å². The van der Waals surface area contributed by atoms with E-state index in [1.807, 2.05) is 74.5 Å². The number of carbonyl (C=O) groups is 1. The van der Waals surface area contributed by atoms with E-state index in [1.165, 1.54) is 0 Å². The summed E-state index contributed by atoms with van der Waals surface area (Å²) in [6.45, 7) is 2.36. The Morgan fingerprint density at radius 1 is 1.12 bits per heavy atom. The summed E-state index contributed by atoms with van der Waals surface area (Å²) in [5, 5.41) is 2.86. The number of carbonyl (C=O) groups excluding carboxylic acids is 1. The maximum Gasteiger partial charge on any atom is 0.258 e. The average Bonchev–Trinajstić information content (AvgIpc) is 2.65. The second-order valence-corrected chi connectivity index (χ2v) is 6.04. The average molecular weight is 354 g/mol. The van der Waals surface area contributed by atoms with Gasteiger partial charge in [-0.05, 0) is 42.3 Å². The van der Waals surface area contributed by atoms with E-state index in [2.05, 4.69) is 5.32 Å². The molecule has 0 aromatic heterocycles. The zero-order chi connectivity index (χ0) is 18.9. The molecule has 0 bridgehead atoms. The van der Waals surface area contributed by atoms with Crippen LogP contribution in [0.15, 0.2) is 48.5 Å². The summed E-state index contributed by atoms with van der Waals surface area (Å²) in [6, 6.07) is 13.6. The van der Waals surface area contributed by atoms with Crippen molar-refractivity contribution in [3.63, 3.8) is 0 Å². The molecule has 0 heterocycles. The fourth-order valence-corrected chi connectivity index (χ4v) is 2.41. The minimum atomic E-state index is -0.179. The summed E-state index contributed by atoms with van der Waals surface area (Å²) < 4.78 is 10.9. The molecule has 0 aliphatic rings. The minimum Gasteiger partial charge on any atom is -0.493 e. The normalized spacial score (nSPS) is 10.6. The molecule has 0 radical (unpaired) electrons. The van der Waals surface area contributed by atoms with Crippen LogP contribution in [0.3, 0.4) is 0 Å². The van der Waals surface area contributed by atoms with E-state index in [0.717, 1.165) is 16.8 Å². The van der Waals surface area contributed by atoms with Crippen molar-refractivity contribution in [2.75, 3.05) is 32.7 Å². The molecule has 5 heteroatoms. The van der Waals surface area contributed by atoms with Gasteiger partial charge in [-0.2, -0.15) is 0 Å². The fraction of sp³-hybridized carbons (Fsp3) is 0.286. The molecule has 1 amide bonds. The summed E-state index contributed by atoms with van der Waals surface area (Å²) in [5.74, 6) is 0.972. The van der Waals surface area contributed by atoms with E-state index >= 15 is 0 Å². The Morgan fingerprint density at radius 3 is 2.46 bits per heavy atom. The molecule has 0 unspecified atom stereocenters. The number of amides is 1. The quantitative estimate of drug-likeness (QED) is 0.788. The predicted octanol–water partition coefficient (Wildman–Crippen LogP) is 3.49. The lowest BCUT2D eigenvalue weighted by Crippen LogP contribution is -2.28. The maximum atomic E-state index is 12.0. The molecule has 0 saturated carbocycles. The second kappa shape index (κ2) is 9.51. The molecule has 2 aromatic carbocycles. The van der Waals surface area contributed by atoms with Crippen LogP contribution in [-0.2, 0) is 11.3 Å².